The van der Waals surface area contributed by atoms with Crippen molar-refractivity contribution in [2.45, 2.75) is 78.1 Å². The van der Waals surface area contributed by atoms with E-state index < -0.39 is 0 Å². The lowest BCUT2D eigenvalue weighted by Crippen LogP contribution is -2.38. The summed E-state index contributed by atoms with van der Waals surface area (Å²) in [4.78, 5) is 30.3. The van der Waals surface area contributed by atoms with Crippen LogP contribution in [0.2, 0.25) is 0 Å². The van der Waals surface area contributed by atoms with Crippen molar-refractivity contribution in [2.75, 3.05) is 22.9 Å². The molecule has 1 heterocycles. The molecule has 4 heteroatoms. The van der Waals surface area contributed by atoms with Crippen molar-refractivity contribution in [3.8, 4) is 0 Å². The van der Waals surface area contributed by atoms with Gasteiger partial charge < -0.3 is 9.80 Å². The van der Waals surface area contributed by atoms with Crippen molar-refractivity contribution >= 4 is 23.2 Å². The SMILES string of the molecule is CCCCCCCCCCCCN1C(=O)C(C)CN(C(=O)c2ccccc2)c2ccccc21. The molecule has 4 nitrogen and oxygen atoms in total. The van der Waals surface area contributed by atoms with Crippen molar-refractivity contribution in [2.24, 2.45) is 5.92 Å². The van der Waals surface area contributed by atoms with Crippen LogP contribution in [0, 0.1) is 5.92 Å². The van der Waals surface area contributed by atoms with Gasteiger partial charge in [-0.2, -0.15) is 0 Å². The fraction of sp³-hybridized carbons (Fsp3) is 0.517. The van der Waals surface area contributed by atoms with Gasteiger partial charge in [-0.15, -0.1) is 0 Å². The number of para-hydroxylation sites is 2. The molecule has 0 spiro atoms. The van der Waals surface area contributed by atoms with Crippen LogP contribution in [0.15, 0.2) is 54.6 Å². The zero-order chi connectivity index (χ0) is 23.5. The maximum Gasteiger partial charge on any atom is 0.258 e. The highest BCUT2D eigenvalue weighted by Crippen LogP contribution is 2.35. The summed E-state index contributed by atoms with van der Waals surface area (Å²) in [5.74, 6) is -0.182. The maximum atomic E-state index is 13.3. The molecule has 1 atom stereocenters. The molecule has 0 bridgehead atoms. The van der Waals surface area contributed by atoms with Crippen LogP contribution in [0.25, 0.3) is 0 Å². The first-order valence-corrected chi connectivity index (χ1v) is 12.9. The highest BCUT2D eigenvalue weighted by Gasteiger charge is 2.33. The Hall–Kier alpha value is -2.62. The Balaban J connectivity index is 1.61. The zero-order valence-electron chi connectivity index (χ0n) is 20.5. The average molecular weight is 449 g/mol. The van der Waals surface area contributed by atoms with Gasteiger partial charge >= 0.3 is 0 Å². The number of amides is 2. The van der Waals surface area contributed by atoms with E-state index in [0.717, 1.165) is 24.2 Å². The minimum absolute atomic E-state index is 0.0523. The van der Waals surface area contributed by atoms with E-state index in [1.54, 1.807) is 4.90 Å². The highest BCUT2D eigenvalue weighted by molar-refractivity contribution is 6.11. The molecule has 2 amide bonds. The molecule has 178 valence electrons. The minimum atomic E-state index is -0.242. The van der Waals surface area contributed by atoms with Gasteiger partial charge in [0.1, 0.15) is 0 Å². The standard InChI is InChI=1S/C29H40N2O2/c1-3-4-5-6-7-8-9-10-11-17-22-30-26-20-15-16-21-27(26)31(23-24(2)28(30)32)29(33)25-18-13-12-14-19-25/h12-16,18-21,24H,3-11,17,22-23H2,1-2H3. The number of hydrogen-bond acceptors (Lipinski definition) is 2. The molecule has 0 radical (unpaired) electrons. The van der Waals surface area contributed by atoms with Gasteiger partial charge in [0.25, 0.3) is 5.91 Å². The molecule has 33 heavy (non-hydrogen) atoms. The molecule has 3 rings (SSSR count). The van der Waals surface area contributed by atoms with Gasteiger partial charge in [0, 0.05) is 18.7 Å². The molecule has 1 aliphatic heterocycles. The lowest BCUT2D eigenvalue weighted by atomic mass is 10.1. The lowest BCUT2D eigenvalue weighted by Gasteiger charge is -2.25. The van der Waals surface area contributed by atoms with Gasteiger partial charge in [0.15, 0.2) is 0 Å². The highest BCUT2D eigenvalue weighted by atomic mass is 16.2. The van der Waals surface area contributed by atoms with Crippen molar-refractivity contribution < 1.29 is 9.59 Å². The van der Waals surface area contributed by atoms with Crippen LogP contribution < -0.4 is 9.80 Å². The second kappa shape index (κ2) is 13.2. The molecule has 0 saturated heterocycles. The number of anilines is 2. The normalized spacial score (nSPS) is 15.9. The van der Waals surface area contributed by atoms with Gasteiger partial charge in [-0.1, -0.05) is 102 Å². The number of rotatable bonds is 12. The Morgan fingerprint density at radius 1 is 0.788 bits per heavy atom. The van der Waals surface area contributed by atoms with Gasteiger partial charge in [-0.25, -0.2) is 0 Å². The smallest absolute Gasteiger partial charge is 0.258 e. The zero-order valence-corrected chi connectivity index (χ0v) is 20.5. The monoisotopic (exact) mass is 448 g/mol. The first kappa shape index (κ1) is 25.0. The number of unbranched alkanes of at least 4 members (excludes halogenated alkanes) is 9. The predicted molar refractivity (Wildman–Crippen MR) is 138 cm³/mol. The van der Waals surface area contributed by atoms with E-state index in [-0.39, 0.29) is 17.7 Å². The topological polar surface area (TPSA) is 40.6 Å². The Kier molecular flexibility index (Phi) is 9.99. The van der Waals surface area contributed by atoms with Crippen LogP contribution in [0.3, 0.4) is 0 Å². The summed E-state index contributed by atoms with van der Waals surface area (Å²) in [6.07, 6.45) is 12.7. The van der Waals surface area contributed by atoms with Crippen molar-refractivity contribution in [1.82, 2.24) is 0 Å². The van der Waals surface area contributed by atoms with Crippen LogP contribution in [0.1, 0.15) is 88.4 Å². The summed E-state index contributed by atoms with van der Waals surface area (Å²) in [7, 11) is 0. The third-order valence-corrected chi connectivity index (χ3v) is 6.61. The molecular weight excluding hydrogens is 408 g/mol. The van der Waals surface area contributed by atoms with Crippen LogP contribution >= 0.6 is 0 Å². The second-order valence-electron chi connectivity index (χ2n) is 9.34. The lowest BCUT2D eigenvalue weighted by molar-refractivity contribution is -0.121. The summed E-state index contributed by atoms with van der Waals surface area (Å²) in [5.41, 5.74) is 2.33. The summed E-state index contributed by atoms with van der Waals surface area (Å²) in [6.45, 7) is 5.31. The van der Waals surface area contributed by atoms with E-state index in [4.69, 9.17) is 0 Å². The number of carbonyl (C=O) groups excluding carboxylic acids is 2. The number of benzene rings is 2. The van der Waals surface area contributed by atoms with Gasteiger partial charge in [-0.3, -0.25) is 9.59 Å². The van der Waals surface area contributed by atoms with Crippen LogP contribution in [0.4, 0.5) is 11.4 Å². The molecule has 0 aliphatic carbocycles. The molecule has 0 aromatic heterocycles. The molecule has 0 fully saturated rings. The van der Waals surface area contributed by atoms with Crippen molar-refractivity contribution in [3.63, 3.8) is 0 Å². The summed E-state index contributed by atoms with van der Waals surface area (Å²) >= 11 is 0. The maximum absolute atomic E-state index is 13.3. The molecule has 0 N–H and O–H groups in total. The van der Waals surface area contributed by atoms with Crippen LogP contribution in [-0.2, 0) is 4.79 Å². The Bertz CT molecular complexity index is 880. The van der Waals surface area contributed by atoms with Crippen LogP contribution in [0.5, 0.6) is 0 Å². The number of carbonyl (C=O) groups is 2. The van der Waals surface area contributed by atoms with Crippen molar-refractivity contribution in [3.05, 3.63) is 60.2 Å². The number of hydrogen-bond donors (Lipinski definition) is 0. The van der Waals surface area contributed by atoms with Gasteiger partial charge in [0.2, 0.25) is 5.91 Å². The Morgan fingerprint density at radius 2 is 1.33 bits per heavy atom. The first-order chi connectivity index (χ1) is 16.1. The Labute approximate surface area is 200 Å². The van der Waals surface area contributed by atoms with Crippen LogP contribution in [-0.4, -0.2) is 24.9 Å². The van der Waals surface area contributed by atoms with E-state index in [0.29, 0.717) is 18.7 Å². The molecule has 2 aromatic rings. The minimum Gasteiger partial charge on any atom is -0.310 e. The molecule has 2 aromatic carbocycles. The van der Waals surface area contributed by atoms with E-state index >= 15 is 0 Å². The average Bonchev–Trinajstić information content (AvgIpc) is 2.95. The largest absolute Gasteiger partial charge is 0.310 e. The fourth-order valence-electron chi connectivity index (χ4n) is 4.67. The van der Waals surface area contributed by atoms with E-state index in [9.17, 15) is 9.59 Å². The molecule has 0 saturated carbocycles. The summed E-state index contributed by atoms with van der Waals surface area (Å²) < 4.78 is 0. The van der Waals surface area contributed by atoms with E-state index in [1.807, 2.05) is 66.4 Å². The van der Waals surface area contributed by atoms with E-state index in [2.05, 4.69) is 6.92 Å². The molecular formula is C29H40N2O2. The third-order valence-electron chi connectivity index (χ3n) is 6.61. The van der Waals surface area contributed by atoms with Gasteiger partial charge in [-0.05, 0) is 30.7 Å². The third kappa shape index (κ3) is 6.93. The quantitative estimate of drug-likeness (QED) is 0.321. The summed E-state index contributed by atoms with van der Waals surface area (Å²) in [5, 5.41) is 0. The predicted octanol–water partition coefficient (Wildman–Crippen LogP) is 7.24. The van der Waals surface area contributed by atoms with Gasteiger partial charge in [0.05, 0.1) is 17.3 Å². The molecule has 1 aliphatic rings. The van der Waals surface area contributed by atoms with E-state index in [1.165, 1.54) is 51.4 Å². The fourth-order valence-corrected chi connectivity index (χ4v) is 4.67. The number of fused-ring (bicyclic) bond motifs is 1. The second-order valence-corrected chi connectivity index (χ2v) is 9.34. The summed E-state index contributed by atoms with van der Waals surface area (Å²) in [6, 6.07) is 17.2. The first-order valence-electron chi connectivity index (χ1n) is 12.9. The number of nitrogens with zero attached hydrogens (tertiary/aromatic N) is 2. The molecule has 1 unspecified atom stereocenters. The Morgan fingerprint density at radius 3 is 1.97 bits per heavy atom. The van der Waals surface area contributed by atoms with Crippen molar-refractivity contribution in [1.29, 1.82) is 0 Å².